The molecule has 0 amide bonds. The molecule has 2 aromatic heterocycles. The molecular formula is C15H22N4S. The predicted octanol–water partition coefficient (Wildman–Crippen LogP) is 3.60. The summed E-state index contributed by atoms with van der Waals surface area (Å²) in [7, 11) is 0. The summed E-state index contributed by atoms with van der Waals surface area (Å²) < 4.78 is 0. The number of nitrogen functional groups attached to an aromatic ring is 1. The first kappa shape index (κ1) is 14.8. The van der Waals surface area contributed by atoms with Crippen LogP contribution in [0.3, 0.4) is 0 Å². The van der Waals surface area contributed by atoms with Gasteiger partial charge in [-0.25, -0.2) is 9.97 Å². The highest BCUT2D eigenvalue weighted by molar-refractivity contribution is 7.11. The molecule has 20 heavy (non-hydrogen) atoms. The Morgan fingerprint density at radius 1 is 1.25 bits per heavy atom. The van der Waals surface area contributed by atoms with E-state index in [1.54, 1.807) is 0 Å². The van der Waals surface area contributed by atoms with Crippen molar-refractivity contribution in [2.75, 3.05) is 11.1 Å². The highest BCUT2D eigenvalue weighted by Crippen LogP contribution is 2.27. The van der Waals surface area contributed by atoms with Crippen LogP contribution in [-0.2, 0) is 6.42 Å². The molecule has 0 saturated heterocycles. The fraction of sp³-hybridized carbons (Fsp3) is 0.467. The van der Waals surface area contributed by atoms with Gasteiger partial charge in [0.25, 0.3) is 0 Å². The van der Waals surface area contributed by atoms with Crippen molar-refractivity contribution in [3.05, 3.63) is 33.8 Å². The SMILES string of the molecule is Cc1ccc(CC(C)Nc2ncnc(N)c2C(C)C)s1. The van der Waals surface area contributed by atoms with Crippen LogP contribution in [0.15, 0.2) is 18.5 Å². The van der Waals surface area contributed by atoms with E-state index in [-0.39, 0.29) is 0 Å². The molecule has 0 saturated carbocycles. The van der Waals surface area contributed by atoms with Crippen molar-refractivity contribution in [1.82, 2.24) is 9.97 Å². The van der Waals surface area contributed by atoms with Crippen molar-refractivity contribution >= 4 is 23.0 Å². The number of hydrogen-bond acceptors (Lipinski definition) is 5. The molecular weight excluding hydrogens is 268 g/mol. The van der Waals surface area contributed by atoms with E-state index in [0.717, 1.165) is 17.8 Å². The zero-order valence-electron chi connectivity index (χ0n) is 12.5. The van der Waals surface area contributed by atoms with Gasteiger partial charge in [-0.1, -0.05) is 13.8 Å². The van der Waals surface area contributed by atoms with Crippen molar-refractivity contribution < 1.29 is 0 Å². The van der Waals surface area contributed by atoms with Gasteiger partial charge in [-0.05, 0) is 31.9 Å². The minimum atomic E-state index is 0.301. The molecule has 1 unspecified atom stereocenters. The molecule has 0 aliphatic carbocycles. The highest BCUT2D eigenvalue weighted by Gasteiger charge is 2.15. The summed E-state index contributed by atoms with van der Waals surface area (Å²) in [5.41, 5.74) is 6.97. The Labute approximate surface area is 124 Å². The quantitative estimate of drug-likeness (QED) is 0.883. The molecule has 1 atom stereocenters. The van der Waals surface area contributed by atoms with E-state index >= 15 is 0 Å². The Bertz CT molecular complexity index is 577. The van der Waals surface area contributed by atoms with E-state index in [0.29, 0.717) is 17.8 Å². The van der Waals surface area contributed by atoms with Gasteiger partial charge >= 0.3 is 0 Å². The number of aromatic nitrogens is 2. The van der Waals surface area contributed by atoms with Crippen LogP contribution in [0.4, 0.5) is 11.6 Å². The van der Waals surface area contributed by atoms with Crippen LogP contribution in [0.1, 0.15) is 42.0 Å². The first-order chi connectivity index (χ1) is 9.47. The second-order valence-corrected chi connectivity index (χ2v) is 6.81. The van der Waals surface area contributed by atoms with Gasteiger partial charge in [0.15, 0.2) is 0 Å². The lowest BCUT2D eigenvalue weighted by atomic mass is 10.0. The van der Waals surface area contributed by atoms with Gasteiger partial charge < -0.3 is 11.1 Å². The molecule has 0 radical (unpaired) electrons. The number of hydrogen-bond donors (Lipinski definition) is 2. The molecule has 2 rings (SSSR count). The number of anilines is 2. The Kier molecular flexibility index (Phi) is 4.60. The lowest BCUT2D eigenvalue weighted by Crippen LogP contribution is -2.20. The average Bonchev–Trinajstić information content (AvgIpc) is 2.74. The van der Waals surface area contributed by atoms with E-state index in [2.05, 4.69) is 55.1 Å². The predicted molar refractivity (Wildman–Crippen MR) is 86.4 cm³/mol. The molecule has 0 aliphatic heterocycles. The molecule has 0 bridgehead atoms. The maximum atomic E-state index is 5.96. The lowest BCUT2D eigenvalue weighted by molar-refractivity contribution is 0.778. The summed E-state index contributed by atoms with van der Waals surface area (Å²) >= 11 is 1.84. The second-order valence-electron chi connectivity index (χ2n) is 5.44. The van der Waals surface area contributed by atoms with Gasteiger partial charge in [0.05, 0.1) is 0 Å². The Hall–Kier alpha value is -1.62. The molecule has 0 spiro atoms. The molecule has 3 N–H and O–H groups in total. The topological polar surface area (TPSA) is 63.8 Å². The van der Waals surface area contributed by atoms with E-state index < -0.39 is 0 Å². The van der Waals surface area contributed by atoms with Crippen molar-refractivity contribution in [1.29, 1.82) is 0 Å². The first-order valence-electron chi connectivity index (χ1n) is 6.89. The average molecular weight is 290 g/mol. The molecule has 0 aliphatic rings. The van der Waals surface area contributed by atoms with Crippen LogP contribution in [0.25, 0.3) is 0 Å². The standard InChI is InChI=1S/C15H22N4S/c1-9(2)13-14(16)17-8-18-15(13)19-10(3)7-12-6-5-11(4)20-12/h5-6,8-10H,7H2,1-4H3,(H3,16,17,18,19). The van der Waals surface area contributed by atoms with Gasteiger partial charge in [-0.3, -0.25) is 0 Å². The second kappa shape index (κ2) is 6.22. The van der Waals surface area contributed by atoms with Crippen molar-refractivity contribution in [2.24, 2.45) is 0 Å². The molecule has 4 nitrogen and oxygen atoms in total. The van der Waals surface area contributed by atoms with Crippen molar-refractivity contribution in [3.8, 4) is 0 Å². The van der Waals surface area contributed by atoms with Gasteiger partial charge in [-0.15, -0.1) is 11.3 Å². The third-order valence-electron chi connectivity index (χ3n) is 3.18. The minimum absolute atomic E-state index is 0.301. The van der Waals surface area contributed by atoms with Crippen LogP contribution < -0.4 is 11.1 Å². The third kappa shape index (κ3) is 3.48. The number of nitrogens with one attached hydrogen (secondary N) is 1. The molecule has 5 heteroatoms. The zero-order chi connectivity index (χ0) is 14.7. The Morgan fingerprint density at radius 2 is 2.00 bits per heavy atom. The summed E-state index contributed by atoms with van der Waals surface area (Å²) in [6, 6.07) is 4.66. The summed E-state index contributed by atoms with van der Waals surface area (Å²) in [5, 5.41) is 3.47. The minimum Gasteiger partial charge on any atom is -0.383 e. The monoisotopic (exact) mass is 290 g/mol. The number of aryl methyl sites for hydroxylation is 1. The van der Waals surface area contributed by atoms with Crippen LogP contribution in [0.5, 0.6) is 0 Å². The summed E-state index contributed by atoms with van der Waals surface area (Å²) in [6.07, 6.45) is 2.51. The van der Waals surface area contributed by atoms with Crippen LogP contribution >= 0.6 is 11.3 Å². The third-order valence-corrected chi connectivity index (χ3v) is 4.20. The normalized spacial score (nSPS) is 12.7. The van der Waals surface area contributed by atoms with Crippen molar-refractivity contribution in [3.63, 3.8) is 0 Å². The maximum Gasteiger partial charge on any atom is 0.135 e. The Morgan fingerprint density at radius 3 is 2.60 bits per heavy atom. The molecule has 2 aromatic rings. The largest absolute Gasteiger partial charge is 0.383 e. The molecule has 0 fully saturated rings. The highest BCUT2D eigenvalue weighted by atomic mass is 32.1. The number of rotatable bonds is 5. The Balaban J connectivity index is 2.11. The van der Waals surface area contributed by atoms with E-state index in [4.69, 9.17) is 5.73 Å². The number of thiophene rings is 1. The first-order valence-corrected chi connectivity index (χ1v) is 7.71. The molecule has 2 heterocycles. The number of nitrogens with zero attached hydrogens (tertiary/aromatic N) is 2. The van der Waals surface area contributed by atoms with E-state index in [1.165, 1.54) is 16.1 Å². The maximum absolute atomic E-state index is 5.96. The van der Waals surface area contributed by atoms with E-state index in [9.17, 15) is 0 Å². The summed E-state index contributed by atoms with van der Waals surface area (Å²) in [4.78, 5) is 11.2. The van der Waals surface area contributed by atoms with Crippen LogP contribution in [0, 0.1) is 6.92 Å². The zero-order valence-corrected chi connectivity index (χ0v) is 13.3. The lowest BCUT2D eigenvalue weighted by Gasteiger charge is -2.19. The van der Waals surface area contributed by atoms with Gasteiger partial charge in [-0.2, -0.15) is 0 Å². The van der Waals surface area contributed by atoms with Crippen molar-refractivity contribution in [2.45, 2.75) is 46.1 Å². The van der Waals surface area contributed by atoms with Crippen LogP contribution in [0.2, 0.25) is 0 Å². The molecule has 108 valence electrons. The van der Waals surface area contributed by atoms with E-state index in [1.807, 2.05) is 11.3 Å². The fourth-order valence-electron chi connectivity index (χ4n) is 2.27. The van der Waals surface area contributed by atoms with Crippen LogP contribution in [-0.4, -0.2) is 16.0 Å². The summed E-state index contributed by atoms with van der Waals surface area (Å²) in [6.45, 7) is 8.51. The van der Waals surface area contributed by atoms with Gasteiger partial charge in [0.2, 0.25) is 0 Å². The van der Waals surface area contributed by atoms with Gasteiger partial charge in [0, 0.05) is 27.8 Å². The summed E-state index contributed by atoms with van der Waals surface area (Å²) in [5.74, 6) is 1.72. The fourth-order valence-corrected chi connectivity index (χ4v) is 3.29. The smallest absolute Gasteiger partial charge is 0.135 e. The number of nitrogens with two attached hydrogens (primary N) is 1. The molecule has 0 aromatic carbocycles. The van der Waals surface area contributed by atoms with Gasteiger partial charge in [0.1, 0.15) is 18.0 Å².